The Balaban J connectivity index is 1.84. The van der Waals surface area contributed by atoms with Gasteiger partial charge in [-0.25, -0.2) is 0 Å². The van der Waals surface area contributed by atoms with E-state index in [2.05, 4.69) is 9.80 Å². The summed E-state index contributed by atoms with van der Waals surface area (Å²) in [7, 11) is 0. The molecule has 0 N–H and O–H groups in total. The Morgan fingerprint density at radius 2 is 1.17 bits per heavy atom. The molecule has 1 aromatic rings. The van der Waals surface area contributed by atoms with Crippen LogP contribution in [0.3, 0.4) is 0 Å². The molecule has 3 rings (SSSR count). The molecule has 0 aromatic heterocycles. The molecule has 0 spiro atoms. The zero-order valence-corrected chi connectivity index (χ0v) is 13.7. The molecule has 126 valence electrons. The maximum atomic E-state index is 9.05. The Labute approximate surface area is 142 Å². The summed E-state index contributed by atoms with van der Waals surface area (Å²) in [6.07, 6.45) is 0.189. The summed E-state index contributed by atoms with van der Waals surface area (Å²) >= 11 is 0. The largest absolute Gasteiger partial charge is 0.379 e. The molecule has 0 radical (unpaired) electrons. The molecule has 2 fully saturated rings. The van der Waals surface area contributed by atoms with Gasteiger partial charge in [-0.05, 0) is 11.1 Å². The normalized spacial score (nSPS) is 20.0. The van der Waals surface area contributed by atoms with Crippen molar-refractivity contribution in [3.63, 3.8) is 0 Å². The molecule has 0 aliphatic carbocycles. The lowest BCUT2D eigenvalue weighted by Crippen LogP contribution is -2.50. The van der Waals surface area contributed by atoms with Gasteiger partial charge in [0.05, 0.1) is 44.7 Å². The average Bonchev–Trinajstić information content (AvgIpc) is 2.66. The molecule has 2 aliphatic heterocycles. The number of hydrogen-bond donors (Lipinski definition) is 0. The Kier molecular flexibility index (Phi) is 5.79. The molecule has 2 aliphatic rings. The summed E-state index contributed by atoms with van der Waals surface area (Å²) in [4.78, 5) is 4.88. The molecule has 0 saturated carbocycles. The van der Waals surface area contributed by atoms with E-state index in [-0.39, 0.29) is 6.17 Å². The van der Waals surface area contributed by atoms with Gasteiger partial charge in [0.25, 0.3) is 0 Å². The van der Waals surface area contributed by atoms with E-state index in [9.17, 15) is 0 Å². The molecule has 0 bridgehead atoms. The fourth-order valence-corrected chi connectivity index (χ4v) is 3.34. The van der Waals surface area contributed by atoms with Crippen LogP contribution in [-0.2, 0) is 9.47 Å². The highest BCUT2D eigenvalue weighted by molar-refractivity contribution is 5.34. The van der Waals surface area contributed by atoms with E-state index >= 15 is 0 Å². The first kappa shape index (κ1) is 16.9. The standard InChI is InChI=1S/C18H22N4O2/c19-13-17(14-20)15-1-3-16(4-2-15)18(21-5-9-23-10-6-21)22-7-11-24-12-8-22/h1-4,17-18H,5-12H2. The monoisotopic (exact) mass is 326 g/mol. The van der Waals surface area contributed by atoms with E-state index in [0.29, 0.717) is 0 Å². The van der Waals surface area contributed by atoms with Crippen LogP contribution in [0, 0.1) is 22.7 Å². The van der Waals surface area contributed by atoms with Crippen LogP contribution >= 0.6 is 0 Å². The van der Waals surface area contributed by atoms with Gasteiger partial charge >= 0.3 is 0 Å². The SMILES string of the molecule is N#CC(C#N)c1ccc(C(N2CCOCC2)N2CCOCC2)cc1. The Hall–Kier alpha value is -1.96. The second kappa shape index (κ2) is 8.23. The van der Waals surface area contributed by atoms with Crippen LogP contribution in [0.15, 0.2) is 24.3 Å². The topological polar surface area (TPSA) is 72.5 Å². The van der Waals surface area contributed by atoms with Crippen molar-refractivity contribution in [2.75, 3.05) is 52.6 Å². The van der Waals surface area contributed by atoms with E-state index in [4.69, 9.17) is 20.0 Å². The maximum Gasteiger partial charge on any atom is 0.158 e. The van der Waals surface area contributed by atoms with Crippen molar-refractivity contribution in [1.82, 2.24) is 9.80 Å². The van der Waals surface area contributed by atoms with Gasteiger partial charge in [-0.1, -0.05) is 24.3 Å². The van der Waals surface area contributed by atoms with Gasteiger partial charge in [0.1, 0.15) is 0 Å². The molecule has 24 heavy (non-hydrogen) atoms. The maximum absolute atomic E-state index is 9.05. The summed E-state index contributed by atoms with van der Waals surface area (Å²) in [5.74, 6) is -0.704. The van der Waals surface area contributed by atoms with Gasteiger partial charge in [0.2, 0.25) is 0 Å². The fraction of sp³-hybridized carbons (Fsp3) is 0.556. The van der Waals surface area contributed by atoms with Crippen LogP contribution in [0.5, 0.6) is 0 Å². The van der Waals surface area contributed by atoms with Gasteiger partial charge in [-0.15, -0.1) is 0 Å². The summed E-state index contributed by atoms with van der Waals surface area (Å²) in [6, 6.07) is 12.0. The van der Waals surface area contributed by atoms with Crippen molar-refractivity contribution < 1.29 is 9.47 Å². The first-order chi connectivity index (χ1) is 11.8. The Morgan fingerprint density at radius 3 is 1.58 bits per heavy atom. The minimum atomic E-state index is -0.704. The van der Waals surface area contributed by atoms with Crippen LogP contribution in [0.2, 0.25) is 0 Å². The number of nitriles is 2. The van der Waals surface area contributed by atoms with Crippen LogP contribution < -0.4 is 0 Å². The second-order valence-corrected chi connectivity index (χ2v) is 6.03. The highest BCUT2D eigenvalue weighted by Crippen LogP contribution is 2.28. The molecule has 6 heteroatoms. The van der Waals surface area contributed by atoms with Crippen LogP contribution in [0.25, 0.3) is 0 Å². The third-order valence-electron chi connectivity index (χ3n) is 4.61. The summed E-state index contributed by atoms with van der Waals surface area (Å²) in [5.41, 5.74) is 1.95. The minimum absolute atomic E-state index is 0.189. The first-order valence-electron chi connectivity index (χ1n) is 8.36. The molecule has 0 unspecified atom stereocenters. The first-order valence-corrected chi connectivity index (χ1v) is 8.36. The van der Waals surface area contributed by atoms with Crippen molar-refractivity contribution in [2.45, 2.75) is 12.1 Å². The lowest BCUT2D eigenvalue weighted by Gasteiger charge is -2.43. The highest BCUT2D eigenvalue weighted by atomic mass is 16.5. The molecule has 6 nitrogen and oxygen atoms in total. The van der Waals surface area contributed by atoms with Gasteiger partial charge in [-0.3, -0.25) is 9.80 Å². The number of rotatable bonds is 4. The lowest BCUT2D eigenvalue weighted by molar-refractivity contribution is -0.0676. The number of benzene rings is 1. The summed E-state index contributed by atoms with van der Waals surface area (Å²) in [6.45, 7) is 6.64. The smallest absolute Gasteiger partial charge is 0.158 e. The van der Waals surface area contributed by atoms with Crippen molar-refractivity contribution in [2.24, 2.45) is 0 Å². The Bertz CT molecular complexity index is 575. The third kappa shape index (κ3) is 3.75. The highest BCUT2D eigenvalue weighted by Gasteiger charge is 2.29. The van der Waals surface area contributed by atoms with Gasteiger partial charge in [-0.2, -0.15) is 10.5 Å². The predicted octanol–water partition coefficient (Wildman–Crippen LogP) is 1.48. The van der Waals surface area contributed by atoms with Gasteiger partial charge in [0, 0.05) is 26.2 Å². The van der Waals surface area contributed by atoms with Crippen LogP contribution in [-0.4, -0.2) is 62.4 Å². The average molecular weight is 326 g/mol. The van der Waals surface area contributed by atoms with Crippen molar-refractivity contribution in [3.05, 3.63) is 35.4 Å². The number of nitrogens with zero attached hydrogens (tertiary/aromatic N) is 4. The van der Waals surface area contributed by atoms with Gasteiger partial charge in [0.15, 0.2) is 5.92 Å². The predicted molar refractivity (Wildman–Crippen MR) is 87.9 cm³/mol. The van der Waals surface area contributed by atoms with Gasteiger partial charge < -0.3 is 9.47 Å². The molecular weight excluding hydrogens is 304 g/mol. The van der Waals surface area contributed by atoms with Crippen LogP contribution in [0.1, 0.15) is 23.2 Å². The summed E-state index contributed by atoms with van der Waals surface area (Å²) < 4.78 is 11.0. The third-order valence-corrected chi connectivity index (χ3v) is 4.61. The van der Waals surface area contributed by atoms with E-state index in [0.717, 1.165) is 58.2 Å². The molecule has 2 heterocycles. The van der Waals surface area contributed by atoms with Crippen molar-refractivity contribution in [1.29, 1.82) is 10.5 Å². The number of morpholine rings is 2. The second-order valence-electron chi connectivity index (χ2n) is 6.03. The zero-order chi connectivity index (χ0) is 16.8. The van der Waals surface area contributed by atoms with Crippen molar-refractivity contribution in [3.8, 4) is 12.1 Å². The molecular formula is C18H22N4O2. The molecule has 0 atom stereocenters. The van der Waals surface area contributed by atoms with E-state index in [1.165, 1.54) is 5.56 Å². The zero-order valence-electron chi connectivity index (χ0n) is 13.7. The Morgan fingerprint density at radius 1 is 0.750 bits per heavy atom. The quantitative estimate of drug-likeness (QED) is 0.834. The van der Waals surface area contributed by atoms with Crippen molar-refractivity contribution >= 4 is 0 Å². The van der Waals surface area contributed by atoms with E-state index in [1.54, 1.807) is 0 Å². The number of hydrogen-bond acceptors (Lipinski definition) is 6. The number of ether oxygens (including phenoxy) is 2. The molecule has 0 amide bonds. The molecule has 2 saturated heterocycles. The van der Waals surface area contributed by atoms with Crippen LogP contribution in [0.4, 0.5) is 0 Å². The molecule has 1 aromatic carbocycles. The van der Waals surface area contributed by atoms with E-state index < -0.39 is 5.92 Å². The lowest BCUT2D eigenvalue weighted by atomic mass is 9.99. The minimum Gasteiger partial charge on any atom is -0.379 e. The fourth-order valence-electron chi connectivity index (χ4n) is 3.34. The summed E-state index contributed by atoms with van der Waals surface area (Å²) in [5, 5.41) is 18.1. The van der Waals surface area contributed by atoms with E-state index in [1.807, 2.05) is 36.4 Å².